The van der Waals surface area contributed by atoms with Crippen LogP contribution in [0.2, 0.25) is 0 Å². The van der Waals surface area contributed by atoms with Crippen LogP contribution in [0.15, 0.2) is 54.7 Å². The molecule has 0 atom stereocenters. The minimum absolute atomic E-state index is 0.865. The molecule has 0 bridgehead atoms. The Hall–Kier alpha value is -2.22. The fraction of sp³-hybridized carbons (Fsp3) is 0.176. The lowest BCUT2D eigenvalue weighted by molar-refractivity contribution is 0.414. The lowest BCUT2D eigenvalue weighted by Gasteiger charge is -2.07. The number of aromatic nitrogens is 1. The molecule has 0 aliphatic heterocycles. The normalized spacial score (nSPS) is 10.8. The van der Waals surface area contributed by atoms with E-state index in [1.165, 1.54) is 22.0 Å². The van der Waals surface area contributed by atoms with E-state index in [9.17, 15) is 0 Å². The standard InChI is InChI=1S/C17H17NO/c1-13-6-7-17-15(10-13)8-9-18(17)12-14-4-3-5-16(11-14)19-2/h3-11H,12H2,1-2H3. The van der Waals surface area contributed by atoms with E-state index in [0.29, 0.717) is 0 Å². The lowest BCUT2D eigenvalue weighted by atomic mass is 10.2. The lowest BCUT2D eigenvalue weighted by Crippen LogP contribution is -1.98. The summed E-state index contributed by atoms with van der Waals surface area (Å²) in [4.78, 5) is 0. The van der Waals surface area contributed by atoms with Gasteiger partial charge in [-0.05, 0) is 48.2 Å². The zero-order valence-electron chi connectivity index (χ0n) is 11.3. The second-order valence-electron chi connectivity index (χ2n) is 4.86. The van der Waals surface area contributed by atoms with Crippen LogP contribution >= 0.6 is 0 Å². The molecule has 3 aromatic rings. The number of hydrogen-bond acceptors (Lipinski definition) is 1. The van der Waals surface area contributed by atoms with Crippen molar-refractivity contribution in [3.63, 3.8) is 0 Å². The molecule has 0 N–H and O–H groups in total. The molecule has 2 nitrogen and oxygen atoms in total. The highest BCUT2D eigenvalue weighted by Crippen LogP contribution is 2.20. The van der Waals surface area contributed by atoms with Crippen LogP contribution < -0.4 is 4.74 Å². The van der Waals surface area contributed by atoms with Crippen LogP contribution in [0.1, 0.15) is 11.1 Å². The molecule has 2 aromatic carbocycles. The van der Waals surface area contributed by atoms with Crippen LogP contribution in [0.5, 0.6) is 5.75 Å². The van der Waals surface area contributed by atoms with Gasteiger partial charge in [0.05, 0.1) is 7.11 Å². The predicted octanol–water partition coefficient (Wildman–Crippen LogP) is 4.01. The molecule has 2 heteroatoms. The summed E-state index contributed by atoms with van der Waals surface area (Å²) >= 11 is 0. The fourth-order valence-corrected chi connectivity index (χ4v) is 2.42. The highest BCUT2D eigenvalue weighted by atomic mass is 16.5. The van der Waals surface area contributed by atoms with Gasteiger partial charge >= 0.3 is 0 Å². The Balaban J connectivity index is 1.96. The van der Waals surface area contributed by atoms with E-state index in [1.54, 1.807) is 7.11 Å². The van der Waals surface area contributed by atoms with Crippen LogP contribution in [0, 0.1) is 6.92 Å². The molecular formula is C17H17NO. The molecule has 0 amide bonds. The Kier molecular flexibility index (Phi) is 3.00. The average Bonchev–Trinajstić information content (AvgIpc) is 2.81. The molecule has 1 heterocycles. The van der Waals surface area contributed by atoms with Gasteiger partial charge in [0, 0.05) is 18.3 Å². The van der Waals surface area contributed by atoms with Crippen molar-refractivity contribution in [1.82, 2.24) is 4.57 Å². The summed E-state index contributed by atoms with van der Waals surface area (Å²) in [6.45, 7) is 2.99. The second-order valence-corrected chi connectivity index (χ2v) is 4.86. The van der Waals surface area contributed by atoms with Crippen molar-refractivity contribution in [3.8, 4) is 5.75 Å². The number of aryl methyl sites for hydroxylation is 1. The number of benzene rings is 2. The highest BCUT2D eigenvalue weighted by molar-refractivity contribution is 5.80. The molecule has 0 saturated heterocycles. The molecule has 96 valence electrons. The Morgan fingerprint density at radius 2 is 1.95 bits per heavy atom. The Morgan fingerprint density at radius 3 is 2.79 bits per heavy atom. The minimum Gasteiger partial charge on any atom is -0.497 e. The van der Waals surface area contributed by atoms with Crippen molar-refractivity contribution in [2.75, 3.05) is 7.11 Å². The van der Waals surface area contributed by atoms with Gasteiger partial charge in [0.2, 0.25) is 0 Å². The van der Waals surface area contributed by atoms with Gasteiger partial charge in [-0.15, -0.1) is 0 Å². The fourth-order valence-electron chi connectivity index (χ4n) is 2.42. The van der Waals surface area contributed by atoms with Gasteiger partial charge in [-0.3, -0.25) is 0 Å². The number of rotatable bonds is 3. The van der Waals surface area contributed by atoms with Crippen molar-refractivity contribution in [3.05, 3.63) is 65.9 Å². The molecule has 0 aliphatic rings. The number of fused-ring (bicyclic) bond motifs is 1. The van der Waals surface area contributed by atoms with Gasteiger partial charge in [0.25, 0.3) is 0 Å². The maximum atomic E-state index is 5.27. The third-order valence-electron chi connectivity index (χ3n) is 3.41. The van der Waals surface area contributed by atoms with E-state index >= 15 is 0 Å². The van der Waals surface area contributed by atoms with Gasteiger partial charge < -0.3 is 9.30 Å². The zero-order valence-corrected chi connectivity index (χ0v) is 11.3. The molecule has 19 heavy (non-hydrogen) atoms. The van der Waals surface area contributed by atoms with Crippen molar-refractivity contribution in [2.45, 2.75) is 13.5 Å². The third kappa shape index (κ3) is 2.34. The third-order valence-corrected chi connectivity index (χ3v) is 3.41. The molecule has 1 aromatic heterocycles. The molecule has 0 fully saturated rings. The molecule has 0 radical (unpaired) electrons. The smallest absolute Gasteiger partial charge is 0.119 e. The summed E-state index contributed by atoms with van der Waals surface area (Å²) < 4.78 is 7.54. The topological polar surface area (TPSA) is 14.2 Å². The first kappa shape index (κ1) is 11.8. The van der Waals surface area contributed by atoms with Crippen molar-refractivity contribution in [1.29, 1.82) is 0 Å². The van der Waals surface area contributed by atoms with Gasteiger partial charge in [-0.1, -0.05) is 23.8 Å². The monoisotopic (exact) mass is 251 g/mol. The van der Waals surface area contributed by atoms with Crippen LogP contribution in [0.3, 0.4) is 0 Å². The summed E-state index contributed by atoms with van der Waals surface area (Å²) in [5.41, 5.74) is 3.82. The van der Waals surface area contributed by atoms with Crippen LogP contribution in [-0.4, -0.2) is 11.7 Å². The molecular weight excluding hydrogens is 234 g/mol. The Bertz CT molecular complexity index is 712. The molecule has 0 spiro atoms. The second kappa shape index (κ2) is 4.81. The molecule has 0 saturated carbocycles. The number of ether oxygens (including phenoxy) is 1. The van der Waals surface area contributed by atoms with Gasteiger partial charge in [0.15, 0.2) is 0 Å². The van der Waals surface area contributed by atoms with Crippen LogP contribution in [0.25, 0.3) is 10.9 Å². The van der Waals surface area contributed by atoms with Crippen molar-refractivity contribution >= 4 is 10.9 Å². The maximum absolute atomic E-state index is 5.27. The summed E-state index contributed by atoms with van der Waals surface area (Å²) in [6, 6.07) is 16.9. The summed E-state index contributed by atoms with van der Waals surface area (Å²) in [7, 11) is 1.70. The van der Waals surface area contributed by atoms with Crippen molar-refractivity contribution < 1.29 is 4.74 Å². The van der Waals surface area contributed by atoms with E-state index in [1.807, 2.05) is 12.1 Å². The Morgan fingerprint density at radius 1 is 1.05 bits per heavy atom. The molecule has 0 aliphatic carbocycles. The zero-order chi connectivity index (χ0) is 13.2. The number of hydrogen-bond donors (Lipinski definition) is 0. The van der Waals surface area contributed by atoms with E-state index in [-0.39, 0.29) is 0 Å². The summed E-state index contributed by atoms with van der Waals surface area (Å²) in [6.07, 6.45) is 2.14. The van der Waals surface area contributed by atoms with E-state index < -0.39 is 0 Å². The first-order valence-electron chi connectivity index (χ1n) is 6.45. The quantitative estimate of drug-likeness (QED) is 0.686. The first-order chi connectivity index (χ1) is 9.26. The van der Waals surface area contributed by atoms with Crippen LogP contribution in [-0.2, 0) is 6.54 Å². The number of methoxy groups -OCH3 is 1. The van der Waals surface area contributed by atoms with E-state index in [0.717, 1.165) is 12.3 Å². The number of nitrogens with zero attached hydrogens (tertiary/aromatic N) is 1. The summed E-state index contributed by atoms with van der Waals surface area (Å²) in [5, 5.41) is 1.29. The van der Waals surface area contributed by atoms with E-state index in [4.69, 9.17) is 4.74 Å². The van der Waals surface area contributed by atoms with Gasteiger partial charge in [-0.25, -0.2) is 0 Å². The van der Waals surface area contributed by atoms with E-state index in [2.05, 4.69) is 54.1 Å². The highest BCUT2D eigenvalue weighted by Gasteiger charge is 2.02. The predicted molar refractivity (Wildman–Crippen MR) is 78.8 cm³/mol. The average molecular weight is 251 g/mol. The Labute approximate surface area is 113 Å². The van der Waals surface area contributed by atoms with Gasteiger partial charge in [0.1, 0.15) is 5.75 Å². The van der Waals surface area contributed by atoms with Crippen LogP contribution in [0.4, 0.5) is 0 Å². The SMILES string of the molecule is COc1cccc(Cn2ccc3cc(C)ccc32)c1. The molecule has 0 unspecified atom stereocenters. The first-order valence-corrected chi connectivity index (χ1v) is 6.45. The molecule has 3 rings (SSSR count). The van der Waals surface area contributed by atoms with Crippen molar-refractivity contribution in [2.24, 2.45) is 0 Å². The summed E-state index contributed by atoms with van der Waals surface area (Å²) in [5.74, 6) is 0.907. The largest absolute Gasteiger partial charge is 0.497 e. The maximum Gasteiger partial charge on any atom is 0.119 e. The van der Waals surface area contributed by atoms with Gasteiger partial charge in [-0.2, -0.15) is 0 Å². The minimum atomic E-state index is 0.865.